The summed E-state index contributed by atoms with van der Waals surface area (Å²) >= 11 is 0. The molecule has 0 saturated carbocycles. The number of rotatable bonds is 7. The lowest BCUT2D eigenvalue weighted by molar-refractivity contribution is -0.113. The number of allylic oxidation sites excluding steroid dienone is 6. The van der Waals surface area contributed by atoms with Gasteiger partial charge in [-0.15, -0.1) is 0 Å². The number of nitrogens with two attached hydrogens (primary N) is 1. The van der Waals surface area contributed by atoms with Crippen molar-refractivity contribution in [2.75, 3.05) is 17.2 Å². The van der Waals surface area contributed by atoms with E-state index in [9.17, 15) is 9.90 Å². The van der Waals surface area contributed by atoms with Crippen LogP contribution in [-0.2, 0) is 15.6 Å². The molecule has 0 fully saturated rings. The lowest BCUT2D eigenvalue weighted by Crippen LogP contribution is -2.30. The third kappa shape index (κ3) is 4.09. The van der Waals surface area contributed by atoms with Gasteiger partial charge in [0.1, 0.15) is 5.76 Å². The number of carbonyl (C=O) groups is 1. The normalized spacial score (nSPS) is 19.2. The van der Waals surface area contributed by atoms with Gasteiger partial charge in [0.15, 0.2) is 0 Å². The van der Waals surface area contributed by atoms with Gasteiger partial charge in [-0.2, -0.15) is 0 Å². The first kappa shape index (κ1) is 25.6. The summed E-state index contributed by atoms with van der Waals surface area (Å²) in [5.74, 6) is -0.112. The lowest BCUT2D eigenvalue weighted by Gasteiger charge is -2.31. The van der Waals surface area contributed by atoms with E-state index in [0.717, 1.165) is 53.2 Å². The third-order valence-electron chi connectivity index (χ3n) is 7.87. The number of fused-ring (bicyclic) bond motifs is 1. The van der Waals surface area contributed by atoms with Crippen LogP contribution in [-0.4, -0.2) is 17.4 Å². The smallest absolute Gasteiger partial charge is 0.200 e. The Kier molecular flexibility index (Phi) is 6.51. The molecule has 0 unspecified atom stereocenters. The molecule has 2 aromatic carbocycles. The zero-order valence-electron chi connectivity index (χ0n) is 22.4. The van der Waals surface area contributed by atoms with Crippen molar-refractivity contribution in [1.82, 2.24) is 0 Å². The second-order valence-corrected chi connectivity index (χ2v) is 11.1. The van der Waals surface area contributed by atoms with Crippen molar-refractivity contribution < 1.29 is 9.90 Å². The topological polar surface area (TPSA) is 66.6 Å². The summed E-state index contributed by atoms with van der Waals surface area (Å²) in [4.78, 5) is 15.5. The fourth-order valence-electron chi connectivity index (χ4n) is 5.36. The van der Waals surface area contributed by atoms with Crippen molar-refractivity contribution in [2.24, 2.45) is 0 Å². The highest BCUT2D eigenvalue weighted by Gasteiger charge is 2.42. The molecular formula is C32H38N2O2. The van der Waals surface area contributed by atoms with Crippen molar-refractivity contribution in [2.45, 2.75) is 65.2 Å². The zero-order valence-corrected chi connectivity index (χ0v) is 22.4. The average Bonchev–Trinajstić information content (AvgIpc) is 3.04. The van der Waals surface area contributed by atoms with Crippen LogP contribution < -0.4 is 10.6 Å². The molecule has 0 atom stereocenters. The number of ketones is 1. The van der Waals surface area contributed by atoms with Crippen LogP contribution in [0.4, 0.5) is 11.4 Å². The van der Waals surface area contributed by atoms with Crippen LogP contribution in [0.2, 0.25) is 0 Å². The van der Waals surface area contributed by atoms with Crippen LogP contribution in [0.3, 0.4) is 0 Å². The van der Waals surface area contributed by atoms with E-state index in [1.165, 1.54) is 5.56 Å². The van der Waals surface area contributed by atoms with Crippen molar-refractivity contribution in [1.29, 1.82) is 0 Å². The summed E-state index contributed by atoms with van der Waals surface area (Å²) in [6.45, 7) is 17.8. The maximum Gasteiger partial charge on any atom is 0.200 e. The molecule has 0 spiro atoms. The summed E-state index contributed by atoms with van der Waals surface area (Å²) in [5, 5.41) is 11.0. The van der Waals surface area contributed by atoms with Gasteiger partial charge in [0.05, 0.1) is 11.1 Å². The van der Waals surface area contributed by atoms with E-state index in [4.69, 9.17) is 5.73 Å². The summed E-state index contributed by atoms with van der Waals surface area (Å²) < 4.78 is 0. The van der Waals surface area contributed by atoms with Gasteiger partial charge in [0.25, 0.3) is 0 Å². The van der Waals surface area contributed by atoms with Crippen LogP contribution in [0.25, 0.3) is 0 Å². The number of nitrogens with zero attached hydrogens (tertiary/aromatic N) is 1. The second kappa shape index (κ2) is 9.16. The average molecular weight is 483 g/mol. The Hall–Kier alpha value is -3.53. The van der Waals surface area contributed by atoms with E-state index in [1.807, 2.05) is 30.3 Å². The molecule has 0 amide bonds. The number of benzene rings is 2. The number of hydrogen-bond acceptors (Lipinski definition) is 4. The van der Waals surface area contributed by atoms with E-state index < -0.39 is 0 Å². The standard InChI is InChI=1S/C32H38N2O2/c1-8-9-16-34-27-15-14-22(33)18-26(27)32(6,7)28(34)19-24-29(35)23(30(24)36)17-21(3)31(4,5)25-13-11-10-12-20(25)2/h10-15,17-19,35H,3,8-9,16,33H2,1-2,4-7H3/b23-17-,28-19-. The Bertz CT molecular complexity index is 1340. The summed E-state index contributed by atoms with van der Waals surface area (Å²) in [7, 11) is 0. The number of aliphatic hydroxyl groups is 1. The largest absolute Gasteiger partial charge is 0.506 e. The Labute approximate surface area is 215 Å². The SMILES string of the molecule is C=C(/C=C1\C(=O)C(/C=C2\N(CCCC)c3ccc(N)cc3C2(C)C)=C1O)C(C)(C)c1ccccc1C. The first-order valence-corrected chi connectivity index (χ1v) is 12.8. The van der Waals surface area contributed by atoms with Crippen LogP contribution in [0.5, 0.6) is 0 Å². The lowest BCUT2D eigenvalue weighted by atomic mass is 9.74. The number of nitrogen functional groups attached to an aromatic ring is 1. The van der Waals surface area contributed by atoms with Crippen molar-refractivity contribution >= 4 is 17.2 Å². The van der Waals surface area contributed by atoms with Gasteiger partial charge < -0.3 is 15.7 Å². The quantitative estimate of drug-likeness (QED) is 0.323. The van der Waals surface area contributed by atoms with Crippen LogP contribution in [0, 0.1) is 6.92 Å². The molecule has 4 rings (SSSR count). The van der Waals surface area contributed by atoms with Crippen LogP contribution >= 0.6 is 0 Å². The van der Waals surface area contributed by atoms with Gasteiger partial charge in [-0.05, 0) is 66.0 Å². The Morgan fingerprint density at radius 3 is 2.53 bits per heavy atom. The summed E-state index contributed by atoms with van der Waals surface area (Å²) in [6.07, 6.45) is 5.70. The molecular weight excluding hydrogens is 444 g/mol. The molecule has 4 nitrogen and oxygen atoms in total. The number of aryl methyl sites for hydroxylation is 1. The Morgan fingerprint density at radius 2 is 1.89 bits per heavy atom. The number of carbonyl (C=O) groups excluding carboxylic acids is 1. The number of anilines is 2. The molecule has 188 valence electrons. The Morgan fingerprint density at radius 1 is 1.19 bits per heavy atom. The first-order chi connectivity index (χ1) is 16.9. The first-order valence-electron chi connectivity index (χ1n) is 12.8. The van der Waals surface area contributed by atoms with Gasteiger partial charge in [-0.3, -0.25) is 4.79 Å². The molecule has 0 bridgehead atoms. The Balaban J connectivity index is 1.71. The zero-order chi connectivity index (χ0) is 26.4. The van der Waals surface area contributed by atoms with E-state index in [2.05, 4.69) is 71.2 Å². The third-order valence-corrected chi connectivity index (χ3v) is 7.87. The number of unbranched alkanes of at least 4 members (excludes halogenated alkanes) is 1. The minimum atomic E-state index is -0.376. The van der Waals surface area contributed by atoms with Gasteiger partial charge in [-0.1, -0.05) is 71.9 Å². The van der Waals surface area contributed by atoms with E-state index in [-0.39, 0.29) is 22.4 Å². The van der Waals surface area contributed by atoms with Gasteiger partial charge in [-0.25, -0.2) is 0 Å². The molecule has 0 aromatic heterocycles. The van der Waals surface area contributed by atoms with Crippen molar-refractivity contribution in [3.05, 3.63) is 106 Å². The maximum atomic E-state index is 13.3. The maximum absolute atomic E-state index is 13.3. The molecule has 1 aliphatic heterocycles. The van der Waals surface area contributed by atoms with Gasteiger partial charge in [0.2, 0.25) is 5.78 Å². The molecule has 1 heterocycles. The highest BCUT2D eigenvalue weighted by atomic mass is 16.3. The minimum Gasteiger partial charge on any atom is -0.506 e. The van der Waals surface area contributed by atoms with Crippen LogP contribution in [0.15, 0.2) is 89.4 Å². The molecule has 0 saturated heterocycles. The highest BCUT2D eigenvalue weighted by Crippen LogP contribution is 2.49. The minimum absolute atomic E-state index is 0.0379. The summed E-state index contributed by atoms with van der Waals surface area (Å²) in [6, 6.07) is 14.2. The monoisotopic (exact) mass is 482 g/mol. The highest BCUT2D eigenvalue weighted by molar-refractivity contribution is 6.21. The molecule has 0 radical (unpaired) electrons. The van der Waals surface area contributed by atoms with Gasteiger partial charge >= 0.3 is 0 Å². The number of hydrogen-bond donors (Lipinski definition) is 2. The molecule has 4 heteroatoms. The van der Waals surface area contributed by atoms with E-state index >= 15 is 0 Å². The van der Waals surface area contributed by atoms with E-state index in [0.29, 0.717) is 11.1 Å². The van der Waals surface area contributed by atoms with Gasteiger partial charge in [0, 0.05) is 34.4 Å². The number of aliphatic hydroxyl groups excluding tert-OH is 1. The fourth-order valence-corrected chi connectivity index (χ4v) is 5.36. The van der Waals surface area contributed by atoms with E-state index in [1.54, 1.807) is 6.08 Å². The predicted octanol–water partition coefficient (Wildman–Crippen LogP) is 7.21. The fraction of sp³-hybridized carbons (Fsp3) is 0.344. The molecule has 36 heavy (non-hydrogen) atoms. The molecule has 2 aliphatic rings. The molecule has 1 aliphatic carbocycles. The second-order valence-electron chi connectivity index (χ2n) is 11.1. The molecule has 2 aromatic rings. The van der Waals surface area contributed by atoms with Crippen LogP contribution in [0.1, 0.15) is 64.2 Å². The predicted molar refractivity (Wildman–Crippen MR) is 150 cm³/mol. The number of Topliss-reactive ketones (excluding diaryl/α,β-unsaturated/α-hetero) is 1. The summed E-state index contributed by atoms with van der Waals surface area (Å²) in [5.41, 5.74) is 13.2. The molecule has 3 N–H and O–H groups in total. The van der Waals surface area contributed by atoms with Crippen molar-refractivity contribution in [3.8, 4) is 0 Å². The van der Waals surface area contributed by atoms with Crippen molar-refractivity contribution in [3.63, 3.8) is 0 Å².